The van der Waals surface area contributed by atoms with E-state index in [1.807, 2.05) is 27.7 Å². The Hall–Kier alpha value is -1.73. The van der Waals surface area contributed by atoms with Crippen LogP contribution in [-0.2, 0) is 4.79 Å². The highest BCUT2D eigenvalue weighted by Crippen LogP contribution is 2.24. The molecule has 0 unspecified atom stereocenters. The van der Waals surface area contributed by atoms with Crippen LogP contribution in [0.25, 0.3) is 0 Å². The molecular weight excluding hydrogens is 288 g/mol. The second kappa shape index (κ2) is 6.36. The number of amides is 1. The van der Waals surface area contributed by atoms with Crippen LogP contribution in [0.15, 0.2) is 10.6 Å². The number of thiazole rings is 1. The van der Waals surface area contributed by atoms with Gasteiger partial charge >= 0.3 is 0 Å². The predicted octanol–water partition coefficient (Wildman–Crippen LogP) is 2.73. The molecule has 21 heavy (non-hydrogen) atoms. The lowest BCUT2D eigenvalue weighted by molar-refractivity contribution is -0.118. The van der Waals surface area contributed by atoms with Gasteiger partial charge in [0.15, 0.2) is 5.82 Å². The van der Waals surface area contributed by atoms with Crippen molar-refractivity contribution < 1.29 is 9.32 Å². The lowest BCUT2D eigenvalue weighted by Crippen LogP contribution is -2.39. The first kappa shape index (κ1) is 15.7. The lowest BCUT2D eigenvalue weighted by atomic mass is 10.2. The van der Waals surface area contributed by atoms with Gasteiger partial charge in [0.05, 0.1) is 16.7 Å². The van der Waals surface area contributed by atoms with E-state index in [1.165, 1.54) is 0 Å². The summed E-state index contributed by atoms with van der Waals surface area (Å²) in [5.41, 5.74) is 1.01. The van der Waals surface area contributed by atoms with Crippen molar-refractivity contribution in [2.75, 3.05) is 5.32 Å². The molecule has 0 aromatic carbocycles. The summed E-state index contributed by atoms with van der Waals surface area (Å²) in [5, 5.41) is 10.8. The summed E-state index contributed by atoms with van der Waals surface area (Å²) in [7, 11) is 0. The first-order valence-electron chi connectivity index (χ1n) is 6.81. The van der Waals surface area contributed by atoms with Crippen LogP contribution in [0.4, 0.5) is 5.82 Å². The zero-order valence-corrected chi connectivity index (χ0v) is 13.7. The molecular formula is C14H20N4O2S. The molecule has 2 rings (SSSR count). The summed E-state index contributed by atoms with van der Waals surface area (Å²) in [6.45, 7) is 9.60. The van der Waals surface area contributed by atoms with Crippen molar-refractivity contribution in [3.05, 3.63) is 27.4 Å². The first-order chi connectivity index (χ1) is 9.86. The van der Waals surface area contributed by atoms with E-state index in [2.05, 4.69) is 20.8 Å². The molecule has 7 heteroatoms. The number of nitrogens with one attached hydrogen (secondary N) is 2. The highest BCUT2D eigenvalue weighted by atomic mass is 32.1. The minimum atomic E-state index is -0.348. The van der Waals surface area contributed by atoms with Gasteiger partial charge in [-0.25, -0.2) is 4.98 Å². The van der Waals surface area contributed by atoms with Gasteiger partial charge in [0.2, 0.25) is 5.91 Å². The highest BCUT2D eigenvalue weighted by molar-refractivity contribution is 7.11. The largest absolute Gasteiger partial charge is 0.360 e. The molecule has 0 aliphatic carbocycles. The van der Waals surface area contributed by atoms with Gasteiger partial charge in [-0.05, 0) is 34.6 Å². The SMILES string of the molecule is Cc1cc(NC(=O)[C@H](C)N[C@H](C)c2sc(C)nc2C)no1. The number of anilines is 1. The molecule has 2 N–H and O–H groups in total. The average molecular weight is 308 g/mol. The van der Waals surface area contributed by atoms with Gasteiger partial charge in [-0.15, -0.1) is 11.3 Å². The molecule has 2 aromatic heterocycles. The van der Waals surface area contributed by atoms with E-state index < -0.39 is 0 Å². The number of aryl methyl sites for hydroxylation is 3. The maximum atomic E-state index is 12.1. The molecule has 2 heterocycles. The second-order valence-corrected chi connectivity index (χ2v) is 6.34. The minimum absolute atomic E-state index is 0.0657. The van der Waals surface area contributed by atoms with E-state index in [-0.39, 0.29) is 18.0 Å². The zero-order valence-electron chi connectivity index (χ0n) is 12.9. The van der Waals surface area contributed by atoms with Gasteiger partial charge in [0.25, 0.3) is 0 Å². The van der Waals surface area contributed by atoms with E-state index in [4.69, 9.17) is 4.52 Å². The maximum Gasteiger partial charge on any atom is 0.242 e. The third-order valence-electron chi connectivity index (χ3n) is 3.11. The average Bonchev–Trinajstić information content (AvgIpc) is 2.95. The number of carbonyl (C=O) groups excluding carboxylic acids is 1. The number of hydrogen-bond acceptors (Lipinski definition) is 6. The third-order valence-corrected chi connectivity index (χ3v) is 4.36. The van der Waals surface area contributed by atoms with Crippen LogP contribution in [0, 0.1) is 20.8 Å². The minimum Gasteiger partial charge on any atom is -0.360 e. The van der Waals surface area contributed by atoms with E-state index in [0.29, 0.717) is 11.6 Å². The molecule has 1 amide bonds. The Morgan fingerprint density at radius 3 is 2.57 bits per heavy atom. The number of aromatic nitrogens is 2. The van der Waals surface area contributed by atoms with Crippen molar-refractivity contribution in [3.8, 4) is 0 Å². The van der Waals surface area contributed by atoms with Crippen molar-refractivity contribution in [1.29, 1.82) is 0 Å². The Morgan fingerprint density at radius 2 is 2.05 bits per heavy atom. The van der Waals surface area contributed by atoms with Gasteiger partial charge in [-0.2, -0.15) is 0 Å². The third kappa shape index (κ3) is 3.89. The molecule has 0 saturated carbocycles. The van der Waals surface area contributed by atoms with Gasteiger partial charge < -0.3 is 9.84 Å². The standard InChI is InChI=1S/C14H20N4O2S/c1-7-6-12(18-20-7)17-14(19)10(4)15-8(2)13-9(3)16-11(5)21-13/h6,8,10,15H,1-5H3,(H,17,18,19)/t8-,10+/m1/s1. The van der Waals surface area contributed by atoms with E-state index in [1.54, 1.807) is 24.3 Å². The van der Waals surface area contributed by atoms with Crippen molar-refractivity contribution in [2.24, 2.45) is 0 Å². The molecule has 0 bridgehead atoms. The fraction of sp³-hybridized carbons (Fsp3) is 0.500. The molecule has 2 atom stereocenters. The lowest BCUT2D eigenvalue weighted by Gasteiger charge is -2.18. The molecule has 2 aromatic rings. The van der Waals surface area contributed by atoms with Crippen LogP contribution < -0.4 is 10.6 Å². The summed E-state index contributed by atoms with van der Waals surface area (Å²) in [6, 6.07) is 1.40. The number of carbonyl (C=O) groups is 1. The predicted molar refractivity (Wildman–Crippen MR) is 82.5 cm³/mol. The topological polar surface area (TPSA) is 80.0 Å². The highest BCUT2D eigenvalue weighted by Gasteiger charge is 2.20. The number of hydrogen-bond donors (Lipinski definition) is 2. The molecule has 0 aliphatic rings. The quantitative estimate of drug-likeness (QED) is 0.887. The number of rotatable bonds is 5. The van der Waals surface area contributed by atoms with E-state index in [9.17, 15) is 4.79 Å². The molecule has 6 nitrogen and oxygen atoms in total. The Balaban J connectivity index is 1.95. The Bertz CT molecular complexity index is 635. The Labute approximate surface area is 127 Å². The summed E-state index contributed by atoms with van der Waals surface area (Å²) in [4.78, 5) is 17.7. The molecule has 114 valence electrons. The van der Waals surface area contributed by atoms with Crippen molar-refractivity contribution in [2.45, 2.75) is 46.7 Å². The molecule has 0 saturated heterocycles. The fourth-order valence-electron chi connectivity index (χ4n) is 2.13. The summed E-state index contributed by atoms with van der Waals surface area (Å²) < 4.78 is 4.92. The van der Waals surface area contributed by atoms with Crippen LogP contribution in [0.3, 0.4) is 0 Å². The van der Waals surface area contributed by atoms with Crippen LogP contribution >= 0.6 is 11.3 Å². The fourth-order valence-corrected chi connectivity index (χ4v) is 3.07. The molecule has 0 aliphatic heterocycles. The second-order valence-electron chi connectivity index (χ2n) is 5.10. The van der Waals surface area contributed by atoms with Crippen molar-refractivity contribution in [3.63, 3.8) is 0 Å². The summed E-state index contributed by atoms with van der Waals surface area (Å²) in [5.74, 6) is 0.952. The van der Waals surface area contributed by atoms with E-state index >= 15 is 0 Å². The normalized spacial score (nSPS) is 14.0. The maximum absolute atomic E-state index is 12.1. The van der Waals surface area contributed by atoms with Gasteiger partial charge in [0.1, 0.15) is 5.76 Å². The van der Waals surface area contributed by atoms with E-state index in [0.717, 1.165) is 15.6 Å². The smallest absolute Gasteiger partial charge is 0.242 e. The number of nitrogens with zero attached hydrogens (tertiary/aromatic N) is 2. The van der Waals surface area contributed by atoms with Crippen molar-refractivity contribution in [1.82, 2.24) is 15.5 Å². The summed E-state index contributed by atoms with van der Waals surface area (Å²) in [6.07, 6.45) is 0. The van der Waals surface area contributed by atoms with Gasteiger partial charge in [0, 0.05) is 17.0 Å². The van der Waals surface area contributed by atoms with Crippen LogP contribution in [-0.4, -0.2) is 22.1 Å². The van der Waals surface area contributed by atoms with Gasteiger partial charge in [-0.3, -0.25) is 10.1 Å². The Morgan fingerprint density at radius 1 is 1.33 bits per heavy atom. The molecule has 0 radical (unpaired) electrons. The molecule has 0 spiro atoms. The van der Waals surface area contributed by atoms with Crippen LogP contribution in [0.1, 0.15) is 41.2 Å². The van der Waals surface area contributed by atoms with Crippen molar-refractivity contribution >= 4 is 23.1 Å². The van der Waals surface area contributed by atoms with Crippen LogP contribution in [0.2, 0.25) is 0 Å². The first-order valence-corrected chi connectivity index (χ1v) is 7.62. The zero-order chi connectivity index (χ0) is 15.6. The Kier molecular flexibility index (Phi) is 4.74. The summed E-state index contributed by atoms with van der Waals surface area (Å²) >= 11 is 1.65. The van der Waals surface area contributed by atoms with Gasteiger partial charge in [-0.1, -0.05) is 5.16 Å². The molecule has 0 fully saturated rings. The van der Waals surface area contributed by atoms with Crippen LogP contribution in [0.5, 0.6) is 0 Å². The monoisotopic (exact) mass is 308 g/mol.